The van der Waals surface area contributed by atoms with Gasteiger partial charge >= 0.3 is 147 Å². The van der Waals surface area contributed by atoms with Crippen LogP contribution in [0.1, 0.15) is 44.5 Å². The summed E-state index contributed by atoms with van der Waals surface area (Å²) in [5.74, 6) is 0.776. The van der Waals surface area contributed by atoms with Crippen molar-refractivity contribution in [1.29, 1.82) is 0 Å². The number of hydrogen-bond acceptors (Lipinski definition) is 6. The number of halogens is 2. The number of benzene rings is 4. The predicted molar refractivity (Wildman–Crippen MR) is 191 cm³/mol. The van der Waals surface area contributed by atoms with Gasteiger partial charge in [-0.3, -0.25) is 0 Å². The first-order chi connectivity index (χ1) is 21.9. The third-order valence-corrected chi connectivity index (χ3v) is 9.64. The largest absolute Gasteiger partial charge is 0.502 e. The summed E-state index contributed by atoms with van der Waals surface area (Å²) in [6.45, 7) is 18.1. The summed E-state index contributed by atoms with van der Waals surface area (Å²) in [4.78, 5) is 15.3. The SMILES string of the molecule is COc1ccc(NCc2ccc([N+](=O)[O-])cc2[CH]=[Ru]([Cl])[Cl])cc1.Cc1cc(C)c(N2[CH-]N(c3c(C)cc(C)cc3C)CC2)c(C)c1. The van der Waals surface area contributed by atoms with E-state index in [1.54, 1.807) is 17.8 Å². The molecule has 0 aromatic heterocycles. The van der Waals surface area contributed by atoms with Gasteiger partial charge in [-0.25, -0.2) is 0 Å². The van der Waals surface area contributed by atoms with Gasteiger partial charge in [0.2, 0.25) is 0 Å². The van der Waals surface area contributed by atoms with E-state index in [1.807, 2.05) is 24.3 Å². The molecule has 1 aliphatic rings. The van der Waals surface area contributed by atoms with Crippen LogP contribution in [0.3, 0.4) is 0 Å². The summed E-state index contributed by atoms with van der Waals surface area (Å²) in [5.41, 5.74) is 13.4. The maximum atomic E-state index is 10.9. The molecule has 0 atom stereocenters. The maximum absolute atomic E-state index is 10.9. The molecule has 10 heteroatoms. The molecular weight excluding hydrogens is 708 g/mol. The summed E-state index contributed by atoms with van der Waals surface area (Å²) >= 11 is -2.08. The van der Waals surface area contributed by atoms with E-state index in [4.69, 9.17) is 24.1 Å². The molecule has 0 spiro atoms. The zero-order valence-corrected chi connectivity index (χ0v) is 30.6. The van der Waals surface area contributed by atoms with Crippen LogP contribution in [0.5, 0.6) is 5.75 Å². The number of nitro benzene ring substituents is 1. The normalized spacial score (nSPS) is 12.8. The van der Waals surface area contributed by atoms with E-state index in [2.05, 4.69) is 87.6 Å². The average molecular weight is 750 g/mol. The van der Waals surface area contributed by atoms with Crippen molar-refractivity contribution in [2.45, 2.75) is 48.1 Å². The molecule has 0 radical (unpaired) electrons. The smallest absolute Gasteiger partial charge is 0.0146 e. The Labute approximate surface area is 285 Å². The molecule has 0 amide bonds. The Kier molecular flexibility index (Phi) is 12.2. The van der Waals surface area contributed by atoms with Crippen molar-refractivity contribution in [1.82, 2.24) is 0 Å². The van der Waals surface area contributed by atoms with E-state index in [-0.39, 0.29) is 5.69 Å². The Hall–Kier alpha value is -3.45. The first-order valence-corrected chi connectivity index (χ1v) is 20.4. The third-order valence-electron chi connectivity index (χ3n) is 7.81. The number of aryl methyl sites for hydroxylation is 6. The molecule has 1 aliphatic heterocycles. The van der Waals surface area contributed by atoms with Crippen molar-refractivity contribution in [2.75, 3.05) is 35.3 Å². The van der Waals surface area contributed by atoms with Gasteiger partial charge in [-0.15, -0.1) is 0 Å². The monoisotopic (exact) mass is 749 g/mol. The van der Waals surface area contributed by atoms with Crippen molar-refractivity contribution in [2.24, 2.45) is 0 Å². The molecule has 0 unspecified atom stereocenters. The number of hydrogen-bond donors (Lipinski definition) is 1. The second-order valence-corrected chi connectivity index (χ2v) is 17.3. The summed E-state index contributed by atoms with van der Waals surface area (Å²) < 4.78 is 6.82. The van der Waals surface area contributed by atoms with Gasteiger partial charge in [0, 0.05) is 24.5 Å². The number of rotatable bonds is 8. The fourth-order valence-corrected chi connectivity index (χ4v) is 7.89. The van der Waals surface area contributed by atoms with Crippen LogP contribution in [-0.4, -0.2) is 29.7 Å². The maximum Gasteiger partial charge on any atom is 0.0146 e. The number of methoxy groups -OCH3 is 1. The Balaban J connectivity index is 0.000000209. The van der Waals surface area contributed by atoms with E-state index in [0.29, 0.717) is 12.1 Å². The Morgan fingerprint density at radius 1 is 0.848 bits per heavy atom. The topological polar surface area (TPSA) is 70.9 Å². The summed E-state index contributed by atoms with van der Waals surface area (Å²) in [6, 6.07) is 21.3. The fourth-order valence-electron chi connectivity index (χ4n) is 6.03. The van der Waals surface area contributed by atoms with Gasteiger partial charge in [0.15, 0.2) is 0 Å². The Morgan fingerprint density at radius 2 is 1.35 bits per heavy atom. The van der Waals surface area contributed by atoms with Crippen LogP contribution in [0, 0.1) is 58.3 Å². The van der Waals surface area contributed by atoms with Crippen LogP contribution in [0.4, 0.5) is 22.7 Å². The molecule has 4 aromatic rings. The molecule has 1 fully saturated rings. The molecule has 1 N–H and O–H groups in total. The standard InChI is InChI=1S/C21H27N2.C15H14N2O3.2ClH.Ru/c1-14-9-16(3)20(17(4)10-14)22-7-8-23(13-22)21-18(5)11-15(2)12-19(21)6;1-11-9-14(17(18)19)6-3-12(11)10-16-13-4-7-15(20-2)8-5-13;;;/h9-13H,7-8H2,1-6H3;1,3-9,16H,10H2,2H3;2*1H;/q-1;;;;+2/p-2. The molecule has 1 heterocycles. The van der Waals surface area contributed by atoms with Gasteiger partial charge in [-0.05, 0) is 63.8 Å². The number of nitrogens with one attached hydrogen (secondary N) is 1. The van der Waals surface area contributed by atoms with Crippen LogP contribution >= 0.6 is 19.4 Å². The Bertz CT molecular complexity index is 1630. The first kappa shape index (κ1) is 35.4. The minimum Gasteiger partial charge on any atom is -0.502 e. The second-order valence-electron chi connectivity index (χ2n) is 11.5. The van der Waals surface area contributed by atoms with E-state index < -0.39 is 18.4 Å². The summed E-state index contributed by atoms with van der Waals surface area (Å²) in [7, 11) is 13.4. The number of ether oxygens (including phenoxy) is 1. The predicted octanol–water partition coefficient (Wildman–Crippen LogP) is 9.27. The van der Waals surface area contributed by atoms with Gasteiger partial charge in [0.25, 0.3) is 0 Å². The molecule has 4 aromatic carbocycles. The van der Waals surface area contributed by atoms with Crippen LogP contribution in [-0.2, 0) is 20.1 Å². The number of anilines is 3. The van der Waals surface area contributed by atoms with Crippen molar-refractivity contribution in [3.05, 3.63) is 128 Å². The Morgan fingerprint density at radius 3 is 1.78 bits per heavy atom. The molecule has 0 aliphatic carbocycles. The zero-order valence-electron chi connectivity index (χ0n) is 27.3. The molecular formula is C36H41Cl2N4O3Ru-. The zero-order chi connectivity index (χ0) is 33.5. The number of nitro groups is 1. The molecule has 7 nitrogen and oxygen atoms in total. The van der Waals surface area contributed by atoms with Gasteiger partial charge in [-0.1, -0.05) is 35.4 Å². The molecule has 246 valence electrons. The molecule has 46 heavy (non-hydrogen) atoms. The minimum atomic E-state index is -2.08. The molecule has 5 rings (SSSR count). The summed E-state index contributed by atoms with van der Waals surface area (Å²) in [6.07, 6.45) is 0. The van der Waals surface area contributed by atoms with Crippen LogP contribution < -0.4 is 19.9 Å². The van der Waals surface area contributed by atoms with Gasteiger partial charge in [0.05, 0.1) is 0 Å². The van der Waals surface area contributed by atoms with Crippen molar-refractivity contribution >= 4 is 46.7 Å². The molecule has 0 bridgehead atoms. The second kappa shape index (κ2) is 15.9. The van der Waals surface area contributed by atoms with Crippen LogP contribution in [0.25, 0.3) is 0 Å². The quantitative estimate of drug-likeness (QED) is 0.0839. The van der Waals surface area contributed by atoms with Crippen LogP contribution in [0.15, 0.2) is 66.7 Å². The number of nitrogens with zero attached hydrogens (tertiary/aromatic N) is 3. The van der Waals surface area contributed by atoms with E-state index in [0.717, 1.165) is 30.1 Å². The average Bonchev–Trinajstić information content (AvgIpc) is 3.44. The van der Waals surface area contributed by atoms with E-state index in [1.165, 1.54) is 56.9 Å². The van der Waals surface area contributed by atoms with Crippen LogP contribution in [0.2, 0.25) is 0 Å². The van der Waals surface area contributed by atoms with Crippen molar-refractivity contribution in [3.63, 3.8) is 0 Å². The third kappa shape index (κ3) is 9.09. The van der Waals surface area contributed by atoms with Gasteiger partial charge < -0.3 is 9.80 Å². The molecule has 0 saturated carbocycles. The van der Waals surface area contributed by atoms with E-state index >= 15 is 0 Å². The first-order valence-electron chi connectivity index (χ1n) is 14.9. The minimum absolute atomic E-state index is 0.0215. The summed E-state index contributed by atoms with van der Waals surface area (Å²) in [5, 5.41) is 14.2. The molecule has 1 saturated heterocycles. The number of non-ortho nitro benzene ring substituents is 1. The van der Waals surface area contributed by atoms with Crippen molar-refractivity contribution in [3.8, 4) is 5.75 Å². The van der Waals surface area contributed by atoms with E-state index in [9.17, 15) is 10.1 Å². The van der Waals surface area contributed by atoms with Crippen molar-refractivity contribution < 1.29 is 23.2 Å². The van der Waals surface area contributed by atoms with Gasteiger partial charge in [0.1, 0.15) is 0 Å². The fraction of sp³-hybridized carbons (Fsp3) is 0.278. The van der Waals surface area contributed by atoms with Gasteiger partial charge in [-0.2, -0.15) is 6.67 Å².